The average molecular weight is 294 g/mol. The molecular formula is C19H18OS. The summed E-state index contributed by atoms with van der Waals surface area (Å²) in [7, 11) is 1.68. The van der Waals surface area contributed by atoms with E-state index in [-0.39, 0.29) is 4.75 Å². The molecule has 2 aromatic rings. The van der Waals surface area contributed by atoms with Crippen molar-refractivity contribution in [2.75, 3.05) is 7.11 Å². The summed E-state index contributed by atoms with van der Waals surface area (Å²) in [5.74, 6) is 0.868. The smallest absolute Gasteiger partial charge is 0.118 e. The van der Waals surface area contributed by atoms with Crippen LogP contribution in [0.15, 0.2) is 72.8 Å². The molecule has 3 rings (SSSR count). The lowest BCUT2D eigenvalue weighted by Crippen LogP contribution is -2.22. The first-order valence-electron chi connectivity index (χ1n) is 7.04. The number of allylic oxidation sites excluding steroid dienone is 3. The van der Waals surface area contributed by atoms with Crippen molar-refractivity contribution in [2.45, 2.75) is 11.2 Å². The van der Waals surface area contributed by atoms with Crippen LogP contribution in [0.5, 0.6) is 5.75 Å². The van der Waals surface area contributed by atoms with Crippen LogP contribution in [-0.4, -0.2) is 7.11 Å². The van der Waals surface area contributed by atoms with E-state index in [1.54, 1.807) is 7.11 Å². The fourth-order valence-corrected chi connectivity index (χ4v) is 3.20. The molecule has 2 heteroatoms. The van der Waals surface area contributed by atoms with Crippen LogP contribution in [0.4, 0.5) is 0 Å². The highest BCUT2D eigenvalue weighted by molar-refractivity contribution is 7.82. The van der Waals surface area contributed by atoms with Gasteiger partial charge in [0.15, 0.2) is 0 Å². The third-order valence-electron chi connectivity index (χ3n) is 3.91. The summed E-state index contributed by atoms with van der Waals surface area (Å²) in [5.41, 5.74) is 3.64. The van der Waals surface area contributed by atoms with E-state index in [9.17, 15) is 0 Å². The fourth-order valence-electron chi connectivity index (χ4n) is 2.74. The molecule has 1 unspecified atom stereocenters. The lowest BCUT2D eigenvalue weighted by Gasteiger charge is -2.33. The number of hydrogen-bond acceptors (Lipinski definition) is 2. The zero-order chi connectivity index (χ0) is 14.7. The Morgan fingerprint density at radius 1 is 1.00 bits per heavy atom. The normalized spacial score (nSPS) is 21.0. The zero-order valence-electron chi connectivity index (χ0n) is 12.0. The molecule has 0 aliphatic heterocycles. The van der Waals surface area contributed by atoms with E-state index >= 15 is 0 Å². The minimum atomic E-state index is -0.303. The summed E-state index contributed by atoms with van der Waals surface area (Å²) in [5, 5.41) is 0. The van der Waals surface area contributed by atoms with Gasteiger partial charge in [-0.1, -0.05) is 60.7 Å². The Morgan fingerprint density at radius 2 is 1.71 bits per heavy atom. The van der Waals surface area contributed by atoms with Crippen molar-refractivity contribution >= 4 is 18.2 Å². The van der Waals surface area contributed by atoms with E-state index < -0.39 is 0 Å². The van der Waals surface area contributed by atoms with Crippen molar-refractivity contribution in [1.82, 2.24) is 0 Å². The van der Waals surface area contributed by atoms with Crippen LogP contribution in [0.1, 0.15) is 17.5 Å². The molecule has 0 aromatic heterocycles. The molecule has 1 aliphatic carbocycles. The van der Waals surface area contributed by atoms with Gasteiger partial charge in [-0.05, 0) is 35.3 Å². The second-order valence-electron chi connectivity index (χ2n) is 5.17. The molecule has 0 radical (unpaired) electrons. The van der Waals surface area contributed by atoms with Gasteiger partial charge in [-0.25, -0.2) is 0 Å². The minimum Gasteiger partial charge on any atom is -0.497 e. The number of ether oxygens (including phenoxy) is 1. The zero-order valence-corrected chi connectivity index (χ0v) is 12.9. The maximum atomic E-state index is 5.25. The average Bonchev–Trinajstić information content (AvgIpc) is 2.56. The number of rotatable bonds is 3. The van der Waals surface area contributed by atoms with E-state index in [0.717, 1.165) is 12.2 Å². The second-order valence-corrected chi connectivity index (χ2v) is 5.93. The van der Waals surface area contributed by atoms with Crippen LogP contribution in [0, 0.1) is 0 Å². The van der Waals surface area contributed by atoms with Gasteiger partial charge in [0.05, 0.1) is 11.9 Å². The van der Waals surface area contributed by atoms with E-state index in [4.69, 9.17) is 17.4 Å². The van der Waals surface area contributed by atoms with Gasteiger partial charge in [-0.2, -0.15) is 12.6 Å². The van der Waals surface area contributed by atoms with E-state index in [1.165, 1.54) is 16.7 Å². The maximum absolute atomic E-state index is 5.25. The van der Waals surface area contributed by atoms with Crippen LogP contribution in [0.25, 0.3) is 5.57 Å². The van der Waals surface area contributed by atoms with Crippen molar-refractivity contribution in [3.05, 3.63) is 84.0 Å². The van der Waals surface area contributed by atoms with Crippen molar-refractivity contribution in [1.29, 1.82) is 0 Å². The Labute approximate surface area is 131 Å². The molecule has 0 saturated carbocycles. The molecule has 0 heterocycles. The quantitative estimate of drug-likeness (QED) is 0.795. The number of hydrogen-bond donors (Lipinski definition) is 1. The van der Waals surface area contributed by atoms with Gasteiger partial charge in [0, 0.05) is 0 Å². The van der Waals surface area contributed by atoms with Gasteiger partial charge in [0.1, 0.15) is 5.75 Å². The van der Waals surface area contributed by atoms with Crippen LogP contribution in [0.2, 0.25) is 0 Å². The molecule has 1 aliphatic rings. The summed E-state index contributed by atoms with van der Waals surface area (Å²) in [6.45, 7) is 0. The summed E-state index contributed by atoms with van der Waals surface area (Å²) < 4.78 is 4.94. The highest BCUT2D eigenvalue weighted by Crippen LogP contribution is 2.47. The Bertz CT molecular complexity index is 670. The van der Waals surface area contributed by atoms with Gasteiger partial charge in [0.2, 0.25) is 0 Å². The van der Waals surface area contributed by atoms with E-state index in [2.05, 4.69) is 54.6 Å². The number of benzene rings is 2. The van der Waals surface area contributed by atoms with Gasteiger partial charge in [0.25, 0.3) is 0 Å². The molecule has 0 N–H and O–H groups in total. The summed E-state index contributed by atoms with van der Waals surface area (Å²) in [6.07, 6.45) is 7.32. The third-order valence-corrected chi connectivity index (χ3v) is 4.59. The highest BCUT2D eigenvalue weighted by atomic mass is 32.1. The van der Waals surface area contributed by atoms with Crippen LogP contribution in [-0.2, 0) is 4.75 Å². The van der Waals surface area contributed by atoms with E-state index in [1.807, 2.05) is 18.2 Å². The maximum Gasteiger partial charge on any atom is 0.118 e. The molecule has 2 aromatic carbocycles. The van der Waals surface area contributed by atoms with Gasteiger partial charge < -0.3 is 4.74 Å². The highest BCUT2D eigenvalue weighted by Gasteiger charge is 2.33. The van der Waals surface area contributed by atoms with Crippen molar-refractivity contribution in [3.8, 4) is 5.75 Å². The minimum absolute atomic E-state index is 0.303. The standard InChI is InChI=1S/C19H18OS/c1-20-17-12-10-16(11-13-17)19(21)14-6-5-9-18(19)15-7-3-2-4-8-15/h2-13,21H,14H2,1H3. The topological polar surface area (TPSA) is 9.23 Å². The van der Waals surface area contributed by atoms with Crippen molar-refractivity contribution in [2.24, 2.45) is 0 Å². The summed E-state index contributed by atoms with van der Waals surface area (Å²) in [6, 6.07) is 18.6. The Balaban J connectivity index is 2.05. The van der Waals surface area contributed by atoms with Gasteiger partial charge in [-0.3, -0.25) is 0 Å². The first-order valence-corrected chi connectivity index (χ1v) is 7.48. The van der Waals surface area contributed by atoms with Crippen LogP contribution < -0.4 is 4.74 Å². The molecule has 1 atom stereocenters. The Hall–Kier alpha value is -1.93. The second kappa shape index (κ2) is 5.82. The number of thiol groups is 1. The summed E-state index contributed by atoms with van der Waals surface area (Å²) in [4.78, 5) is 0. The Kier molecular flexibility index (Phi) is 3.89. The lowest BCUT2D eigenvalue weighted by molar-refractivity contribution is 0.414. The first-order chi connectivity index (χ1) is 10.2. The van der Waals surface area contributed by atoms with Crippen molar-refractivity contribution in [3.63, 3.8) is 0 Å². The van der Waals surface area contributed by atoms with E-state index in [0.29, 0.717) is 0 Å². The molecule has 0 saturated heterocycles. The van der Waals surface area contributed by atoms with Crippen molar-refractivity contribution < 1.29 is 4.74 Å². The SMILES string of the molecule is COc1ccc(C2(S)CC=CC=C2c2ccccc2)cc1. The molecular weight excluding hydrogens is 276 g/mol. The molecule has 0 fully saturated rings. The molecule has 0 bridgehead atoms. The first kappa shape index (κ1) is 14.0. The van der Waals surface area contributed by atoms with Crippen LogP contribution in [0.3, 0.4) is 0 Å². The largest absolute Gasteiger partial charge is 0.497 e. The number of methoxy groups -OCH3 is 1. The lowest BCUT2D eigenvalue weighted by atomic mass is 9.81. The van der Waals surface area contributed by atoms with Gasteiger partial charge >= 0.3 is 0 Å². The monoisotopic (exact) mass is 294 g/mol. The van der Waals surface area contributed by atoms with Crippen LogP contribution >= 0.6 is 12.6 Å². The molecule has 0 spiro atoms. The predicted molar refractivity (Wildman–Crippen MR) is 91.8 cm³/mol. The fraction of sp³-hybridized carbons (Fsp3) is 0.158. The predicted octanol–water partition coefficient (Wildman–Crippen LogP) is 4.86. The third kappa shape index (κ3) is 2.64. The Morgan fingerprint density at radius 3 is 2.38 bits per heavy atom. The molecule has 106 valence electrons. The van der Waals surface area contributed by atoms with Gasteiger partial charge in [-0.15, -0.1) is 0 Å². The summed E-state index contributed by atoms with van der Waals surface area (Å²) >= 11 is 5.05. The molecule has 1 nitrogen and oxygen atoms in total. The molecule has 0 amide bonds. The molecule has 21 heavy (non-hydrogen) atoms.